The number of fused-ring (bicyclic) bond motifs is 1. The van der Waals surface area contributed by atoms with Crippen LogP contribution in [0.5, 0.6) is 0 Å². The van der Waals surface area contributed by atoms with Crippen LogP contribution >= 0.6 is 0 Å². The lowest BCUT2D eigenvalue weighted by atomic mass is 9.76. The van der Waals surface area contributed by atoms with Crippen molar-refractivity contribution in [2.75, 3.05) is 0 Å². The zero-order valence-electron chi connectivity index (χ0n) is 8.71. The lowest BCUT2D eigenvalue weighted by molar-refractivity contribution is -0.148. The number of aliphatic hydroxyl groups excluding tert-OH is 1. The molecule has 1 aromatic carbocycles. The monoisotopic (exact) mass is 220 g/mol. The van der Waals surface area contributed by atoms with Gasteiger partial charge >= 0.3 is 5.97 Å². The summed E-state index contributed by atoms with van der Waals surface area (Å²) in [7, 11) is 0. The molecular formula is C12H12O4. The molecule has 2 atom stereocenters. The molecule has 0 bridgehead atoms. The average molecular weight is 220 g/mol. The van der Waals surface area contributed by atoms with Crippen LogP contribution in [0, 0.1) is 5.92 Å². The Morgan fingerprint density at radius 2 is 2.00 bits per heavy atom. The predicted molar refractivity (Wildman–Crippen MR) is 57.7 cm³/mol. The van der Waals surface area contributed by atoms with E-state index in [1.165, 1.54) is 13.0 Å². The number of benzene rings is 1. The molecule has 1 aliphatic carbocycles. The number of hydrogen-bond acceptors (Lipinski definition) is 3. The predicted octanol–water partition coefficient (Wildman–Crippen LogP) is 1.51. The van der Waals surface area contributed by atoms with E-state index in [4.69, 9.17) is 5.11 Å². The molecule has 2 rings (SSSR count). The summed E-state index contributed by atoms with van der Waals surface area (Å²) < 4.78 is 0. The molecule has 2 unspecified atom stereocenters. The number of aliphatic carboxylic acids is 1. The molecule has 16 heavy (non-hydrogen) atoms. The number of carboxylic acids is 1. The Bertz CT molecular complexity index is 474. The van der Waals surface area contributed by atoms with Crippen molar-refractivity contribution in [3.8, 4) is 0 Å². The molecule has 1 aromatic rings. The maximum absolute atomic E-state index is 11.0. The Balaban J connectivity index is 2.65. The number of rotatable bonds is 1. The van der Waals surface area contributed by atoms with E-state index in [0.717, 1.165) is 0 Å². The highest BCUT2D eigenvalue weighted by molar-refractivity contribution is 5.80. The topological polar surface area (TPSA) is 77.8 Å². The van der Waals surface area contributed by atoms with Crippen LogP contribution in [0.2, 0.25) is 0 Å². The van der Waals surface area contributed by atoms with Gasteiger partial charge in [-0.3, -0.25) is 4.79 Å². The summed E-state index contributed by atoms with van der Waals surface area (Å²) in [4.78, 5) is 11.0. The maximum atomic E-state index is 11.0. The van der Waals surface area contributed by atoms with Gasteiger partial charge < -0.3 is 15.3 Å². The minimum atomic E-state index is -1.51. The maximum Gasteiger partial charge on any atom is 0.313 e. The van der Waals surface area contributed by atoms with E-state index >= 15 is 0 Å². The van der Waals surface area contributed by atoms with E-state index in [0.29, 0.717) is 11.1 Å². The van der Waals surface area contributed by atoms with Crippen molar-refractivity contribution in [1.29, 1.82) is 0 Å². The molecule has 0 heterocycles. The highest BCUT2D eigenvalue weighted by Gasteiger charge is 2.42. The Morgan fingerprint density at radius 3 is 2.62 bits per heavy atom. The first-order chi connectivity index (χ1) is 7.44. The van der Waals surface area contributed by atoms with E-state index in [1.54, 1.807) is 24.3 Å². The fourth-order valence-electron chi connectivity index (χ4n) is 2.04. The van der Waals surface area contributed by atoms with Gasteiger partial charge in [-0.2, -0.15) is 0 Å². The molecule has 0 aromatic heterocycles. The third kappa shape index (κ3) is 1.39. The second kappa shape index (κ2) is 3.35. The van der Waals surface area contributed by atoms with E-state index < -0.39 is 17.5 Å². The molecule has 0 amide bonds. The molecule has 0 saturated carbocycles. The van der Waals surface area contributed by atoms with Crippen molar-refractivity contribution in [2.24, 2.45) is 5.92 Å². The molecule has 3 N–H and O–H groups in total. The van der Waals surface area contributed by atoms with Crippen molar-refractivity contribution < 1.29 is 20.1 Å². The Morgan fingerprint density at radius 1 is 1.38 bits per heavy atom. The summed E-state index contributed by atoms with van der Waals surface area (Å²) in [5.41, 5.74) is -0.596. The van der Waals surface area contributed by atoms with E-state index in [9.17, 15) is 15.0 Å². The van der Waals surface area contributed by atoms with Crippen LogP contribution in [0.1, 0.15) is 18.1 Å². The second-order valence-corrected chi connectivity index (χ2v) is 4.06. The Labute approximate surface area is 92.5 Å². The first-order valence-corrected chi connectivity index (χ1v) is 4.90. The molecular weight excluding hydrogens is 208 g/mol. The van der Waals surface area contributed by atoms with Crippen molar-refractivity contribution in [2.45, 2.75) is 12.5 Å². The molecule has 4 nitrogen and oxygen atoms in total. The summed E-state index contributed by atoms with van der Waals surface area (Å²) in [5, 5.41) is 28.9. The van der Waals surface area contributed by atoms with E-state index in [1.807, 2.05) is 0 Å². The second-order valence-electron chi connectivity index (χ2n) is 4.06. The third-order valence-electron chi connectivity index (χ3n) is 2.94. The average Bonchev–Trinajstić information content (AvgIpc) is 2.23. The van der Waals surface area contributed by atoms with Gasteiger partial charge in [0, 0.05) is 5.56 Å². The lowest BCUT2D eigenvalue weighted by Gasteiger charge is -2.33. The van der Waals surface area contributed by atoms with Crippen molar-refractivity contribution in [3.05, 3.63) is 41.5 Å². The fraction of sp³-hybridized carbons (Fsp3) is 0.250. The van der Waals surface area contributed by atoms with Crippen LogP contribution in [0.15, 0.2) is 30.3 Å². The fourth-order valence-corrected chi connectivity index (χ4v) is 2.04. The van der Waals surface area contributed by atoms with E-state index in [-0.39, 0.29) is 5.76 Å². The number of hydrogen-bond donors (Lipinski definition) is 3. The number of aliphatic hydroxyl groups is 2. The van der Waals surface area contributed by atoms with E-state index in [2.05, 4.69) is 0 Å². The van der Waals surface area contributed by atoms with Gasteiger partial charge in [-0.15, -0.1) is 0 Å². The number of carboxylic acid groups (broad SMARTS) is 1. The van der Waals surface area contributed by atoms with Crippen LogP contribution in [0.25, 0.3) is 5.76 Å². The summed E-state index contributed by atoms with van der Waals surface area (Å²) >= 11 is 0. The molecule has 0 spiro atoms. The molecule has 84 valence electrons. The van der Waals surface area contributed by atoms with Crippen LogP contribution in [-0.4, -0.2) is 21.3 Å². The Kier molecular flexibility index (Phi) is 2.24. The normalized spacial score (nSPS) is 28.1. The summed E-state index contributed by atoms with van der Waals surface area (Å²) in [6.45, 7) is 1.44. The molecule has 0 saturated heterocycles. The van der Waals surface area contributed by atoms with Gasteiger partial charge in [0.25, 0.3) is 0 Å². The minimum absolute atomic E-state index is 0.102. The largest absolute Gasteiger partial charge is 0.508 e. The van der Waals surface area contributed by atoms with Gasteiger partial charge in [-0.25, -0.2) is 0 Å². The van der Waals surface area contributed by atoms with Crippen molar-refractivity contribution >= 4 is 11.7 Å². The number of carbonyl (C=O) groups is 1. The van der Waals surface area contributed by atoms with Crippen LogP contribution in [0.3, 0.4) is 0 Å². The molecule has 1 aliphatic rings. The zero-order chi connectivity index (χ0) is 11.9. The van der Waals surface area contributed by atoms with Gasteiger partial charge in [0.05, 0.1) is 0 Å². The quantitative estimate of drug-likeness (QED) is 0.670. The zero-order valence-corrected chi connectivity index (χ0v) is 8.71. The molecule has 0 aliphatic heterocycles. The van der Waals surface area contributed by atoms with Gasteiger partial charge in [-0.1, -0.05) is 24.3 Å². The molecule has 0 radical (unpaired) electrons. The smallest absolute Gasteiger partial charge is 0.313 e. The lowest BCUT2D eigenvalue weighted by Crippen LogP contribution is -2.39. The molecule has 4 heteroatoms. The van der Waals surface area contributed by atoms with Crippen LogP contribution < -0.4 is 0 Å². The van der Waals surface area contributed by atoms with Gasteiger partial charge in [0.2, 0.25) is 0 Å². The first-order valence-electron chi connectivity index (χ1n) is 4.90. The SMILES string of the molecule is CC1(O)c2ccccc2C(O)=CC1C(=O)O. The standard InChI is InChI=1S/C12H12O4/c1-12(16)8-5-3-2-4-7(8)10(13)6-9(12)11(14)15/h2-6,9,13,16H,1H3,(H,14,15). The third-order valence-corrected chi connectivity index (χ3v) is 2.94. The van der Waals surface area contributed by atoms with Gasteiger partial charge in [0.1, 0.15) is 17.3 Å². The Hall–Kier alpha value is -1.81. The minimum Gasteiger partial charge on any atom is -0.508 e. The summed E-state index contributed by atoms with van der Waals surface area (Å²) in [6, 6.07) is 6.69. The highest BCUT2D eigenvalue weighted by Crippen LogP contribution is 2.40. The van der Waals surface area contributed by atoms with Crippen molar-refractivity contribution in [3.63, 3.8) is 0 Å². The van der Waals surface area contributed by atoms with Crippen LogP contribution in [0.4, 0.5) is 0 Å². The molecule has 0 fully saturated rings. The van der Waals surface area contributed by atoms with Gasteiger partial charge in [-0.05, 0) is 18.6 Å². The summed E-state index contributed by atoms with van der Waals surface area (Å²) in [6.07, 6.45) is 1.17. The van der Waals surface area contributed by atoms with Crippen molar-refractivity contribution in [1.82, 2.24) is 0 Å². The summed E-state index contributed by atoms with van der Waals surface area (Å²) in [5.74, 6) is -2.40. The first kappa shape index (κ1) is 10.7. The van der Waals surface area contributed by atoms with Crippen LogP contribution in [-0.2, 0) is 10.4 Å². The highest BCUT2D eigenvalue weighted by atomic mass is 16.4. The van der Waals surface area contributed by atoms with Gasteiger partial charge in [0.15, 0.2) is 0 Å².